The molecule has 1 heterocycles. The van der Waals surface area contributed by atoms with Crippen molar-refractivity contribution >= 4 is 29.0 Å². The van der Waals surface area contributed by atoms with Crippen LogP contribution in [0.25, 0.3) is 5.69 Å². The van der Waals surface area contributed by atoms with E-state index >= 15 is 0 Å². The Kier molecular flexibility index (Phi) is 4.39. The van der Waals surface area contributed by atoms with E-state index in [0.717, 1.165) is 5.69 Å². The van der Waals surface area contributed by atoms with E-state index in [1.54, 1.807) is 48.5 Å². The minimum atomic E-state index is -0.455. The van der Waals surface area contributed by atoms with Gasteiger partial charge in [0.2, 0.25) is 5.82 Å². The molecule has 0 bridgehead atoms. The molecule has 3 rings (SSSR count). The Morgan fingerprint density at radius 1 is 1.12 bits per heavy atom. The Morgan fingerprint density at radius 2 is 1.88 bits per heavy atom. The first kappa shape index (κ1) is 15.9. The molecule has 6 nitrogen and oxygen atoms in total. The van der Waals surface area contributed by atoms with E-state index in [9.17, 15) is 9.59 Å². The topological polar surface area (TPSA) is 76.9 Å². The van der Waals surface area contributed by atoms with Crippen molar-refractivity contribution < 1.29 is 9.59 Å². The summed E-state index contributed by atoms with van der Waals surface area (Å²) >= 11 is 5.85. The van der Waals surface area contributed by atoms with Crippen molar-refractivity contribution in [2.45, 2.75) is 6.92 Å². The maximum Gasteiger partial charge on any atom is 0.295 e. The number of hydrogen-bond donors (Lipinski definition) is 1. The highest BCUT2D eigenvalue weighted by molar-refractivity contribution is 6.30. The van der Waals surface area contributed by atoms with E-state index in [1.807, 2.05) is 0 Å². The quantitative estimate of drug-likeness (QED) is 0.739. The molecular formula is C17H13ClN4O2. The Balaban J connectivity index is 1.77. The van der Waals surface area contributed by atoms with Crippen LogP contribution >= 0.6 is 11.6 Å². The number of nitrogens with one attached hydrogen (secondary N) is 1. The average molecular weight is 341 g/mol. The largest absolute Gasteiger partial charge is 0.319 e. The van der Waals surface area contributed by atoms with Gasteiger partial charge in [-0.05, 0) is 43.3 Å². The monoisotopic (exact) mass is 340 g/mol. The molecule has 24 heavy (non-hydrogen) atoms. The maximum absolute atomic E-state index is 12.2. The molecule has 1 amide bonds. The second-order valence-corrected chi connectivity index (χ2v) is 5.52. The predicted molar refractivity (Wildman–Crippen MR) is 90.8 cm³/mol. The Bertz CT molecular complexity index is 903. The first-order chi connectivity index (χ1) is 11.5. The Hall–Kier alpha value is -2.99. The standard InChI is InChI=1S/C17H13ClN4O2/c1-11(23)12-3-2-4-14(9-12)20-17(24)16-19-10-22(21-16)15-7-5-13(18)6-8-15/h2-10H,1H3,(H,20,24). The fourth-order valence-electron chi connectivity index (χ4n) is 2.09. The zero-order chi connectivity index (χ0) is 17.1. The van der Waals surface area contributed by atoms with Crippen molar-refractivity contribution in [1.29, 1.82) is 0 Å². The third-order valence-electron chi connectivity index (χ3n) is 3.31. The lowest BCUT2D eigenvalue weighted by molar-refractivity contribution is 0.100. The number of carbonyl (C=O) groups is 2. The second kappa shape index (κ2) is 6.64. The van der Waals surface area contributed by atoms with Crippen LogP contribution in [0.2, 0.25) is 5.02 Å². The van der Waals surface area contributed by atoms with Crippen LogP contribution in [-0.4, -0.2) is 26.5 Å². The lowest BCUT2D eigenvalue weighted by Gasteiger charge is -2.04. The van der Waals surface area contributed by atoms with Gasteiger partial charge < -0.3 is 5.32 Å². The molecule has 0 unspecified atom stereocenters. The van der Waals surface area contributed by atoms with Crippen LogP contribution in [0.5, 0.6) is 0 Å². The van der Waals surface area contributed by atoms with Crippen LogP contribution < -0.4 is 5.32 Å². The van der Waals surface area contributed by atoms with Gasteiger partial charge in [-0.1, -0.05) is 23.7 Å². The molecule has 0 aliphatic carbocycles. The number of nitrogens with zero attached hydrogens (tertiary/aromatic N) is 3. The van der Waals surface area contributed by atoms with Crippen molar-refractivity contribution in [3.8, 4) is 5.69 Å². The molecule has 120 valence electrons. The highest BCUT2D eigenvalue weighted by Crippen LogP contribution is 2.14. The molecule has 0 saturated carbocycles. The van der Waals surface area contributed by atoms with E-state index in [0.29, 0.717) is 16.3 Å². The summed E-state index contributed by atoms with van der Waals surface area (Å²) in [5.74, 6) is -0.502. The van der Waals surface area contributed by atoms with E-state index in [2.05, 4.69) is 15.4 Å². The summed E-state index contributed by atoms with van der Waals surface area (Å²) in [6, 6.07) is 13.7. The van der Waals surface area contributed by atoms with Gasteiger partial charge in [-0.2, -0.15) is 0 Å². The lowest BCUT2D eigenvalue weighted by Crippen LogP contribution is -2.14. The average Bonchev–Trinajstić information content (AvgIpc) is 3.06. The van der Waals surface area contributed by atoms with E-state index in [1.165, 1.54) is 17.9 Å². The molecule has 2 aromatic carbocycles. The summed E-state index contributed by atoms with van der Waals surface area (Å²) in [4.78, 5) is 27.6. The number of carbonyl (C=O) groups excluding carboxylic acids is 2. The van der Waals surface area contributed by atoms with Gasteiger partial charge in [0.05, 0.1) is 5.69 Å². The summed E-state index contributed by atoms with van der Waals surface area (Å²) < 4.78 is 1.48. The molecular weight excluding hydrogens is 328 g/mol. The minimum absolute atomic E-state index is 0.0261. The number of halogens is 1. The molecule has 0 aliphatic rings. The number of rotatable bonds is 4. The van der Waals surface area contributed by atoms with Gasteiger partial charge in [0, 0.05) is 16.3 Å². The molecule has 0 aliphatic heterocycles. The normalized spacial score (nSPS) is 10.4. The number of amides is 1. The van der Waals surface area contributed by atoms with Crippen molar-refractivity contribution in [3.05, 3.63) is 71.3 Å². The van der Waals surface area contributed by atoms with Crippen LogP contribution in [0, 0.1) is 0 Å². The minimum Gasteiger partial charge on any atom is -0.319 e. The summed E-state index contributed by atoms with van der Waals surface area (Å²) in [5.41, 5.74) is 1.77. The van der Waals surface area contributed by atoms with Crippen LogP contribution in [0.3, 0.4) is 0 Å². The highest BCUT2D eigenvalue weighted by Gasteiger charge is 2.13. The molecule has 0 saturated heterocycles. The third-order valence-corrected chi connectivity index (χ3v) is 3.57. The van der Waals surface area contributed by atoms with Gasteiger partial charge >= 0.3 is 0 Å². The second-order valence-electron chi connectivity index (χ2n) is 5.08. The first-order valence-corrected chi connectivity index (χ1v) is 7.51. The van der Waals surface area contributed by atoms with Crippen molar-refractivity contribution in [3.63, 3.8) is 0 Å². The van der Waals surface area contributed by atoms with E-state index in [-0.39, 0.29) is 11.6 Å². The summed E-state index contributed by atoms with van der Waals surface area (Å²) in [6.45, 7) is 1.47. The van der Waals surface area contributed by atoms with Crippen LogP contribution in [0.1, 0.15) is 27.9 Å². The van der Waals surface area contributed by atoms with Crippen molar-refractivity contribution in [1.82, 2.24) is 14.8 Å². The van der Waals surface area contributed by atoms with E-state index < -0.39 is 5.91 Å². The number of benzene rings is 2. The molecule has 3 aromatic rings. The van der Waals surface area contributed by atoms with Gasteiger partial charge in [-0.25, -0.2) is 9.67 Å². The van der Waals surface area contributed by atoms with Gasteiger partial charge in [-0.3, -0.25) is 9.59 Å². The van der Waals surface area contributed by atoms with Gasteiger partial charge in [-0.15, -0.1) is 5.10 Å². The molecule has 1 N–H and O–H groups in total. The van der Waals surface area contributed by atoms with Gasteiger partial charge in [0.1, 0.15) is 6.33 Å². The van der Waals surface area contributed by atoms with Crippen LogP contribution in [-0.2, 0) is 0 Å². The summed E-state index contributed by atoms with van der Waals surface area (Å²) in [7, 11) is 0. The number of ketones is 1. The number of aromatic nitrogens is 3. The lowest BCUT2D eigenvalue weighted by atomic mass is 10.1. The zero-order valence-corrected chi connectivity index (χ0v) is 13.5. The van der Waals surface area contributed by atoms with Crippen LogP contribution in [0.4, 0.5) is 5.69 Å². The smallest absolute Gasteiger partial charge is 0.295 e. The third kappa shape index (κ3) is 3.49. The fraction of sp³-hybridized carbons (Fsp3) is 0.0588. The van der Waals surface area contributed by atoms with Gasteiger partial charge in [0.15, 0.2) is 5.78 Å². The number of hydrogen-bond acceptors (Lipinski definition) is 4. The highest BCUT2D eigenvalue weighted by atomic mass is 35.5. The molecule has 0 radical (unpaired) electrons. The van der Waals surface area contributed by atoms with Gasteiger partial charge in [0.25, 0.3) is 5.91 Å². The molecule has 0 spiro atoms. The molecule has 0 atom stereocenters. The first-order valence-electron chi connectivity index (χ1n) is 7.13. The van der Waals surface area contributed by atoms with Crippen molar-refractivity contribution in [2.75, 3.05) is 5.32 Å². The maximum atomic E-state index is 12.2. The molecule has 7 heteroatoms. The van der Waals surface area contributed by atoms with E-state index in [4.69, 9.17) is 11.6 Å². The summed E-state index contributed by atoms with van der Waals surface area (Å²) in [5, 5.41) is 7.44. The molecule has 0 fully saturated rings. The molecule has 1 aromatic heterocycles. The summed E-state index contributed by atoms with van der Waals surface area (Å²) in [6.07, 6.45) is 1.45. The Labute approximate surface area is 143 Å². The Morgan fingerprint density at radius 3 is 2.58 bits per heavy atom. The fourth-order valence-corrected chi connectivity index (χ4v) is 2.21. The van der Waals surface area contributed by atoms with Crippen molar-refractivity contribution in [2.24, 2.45) is 0 Å². The number of Topliss-reactive ketones (excluding diaryl/α,β-unsaturated/α-hetero) is 1. The zero-order valence-electron chi connectivity index (χ0n) is 12.7. The SMILES string of the molecule is CC(=O)c1cccc(NC(=O)c2ncn(-c3ccc(Cl)cc3)n2)c1. The predicted octanol–water partition coefficient (Wildman–Crippen LogP) is 3.38. The number of anilines is 1. The van der Waals surface area contributed by atoms with Crippen LogP contribution in [0.15, 0.2) is 54.9 Å².